The van der Waals surface area contributed by atoms with E-state index in [1.807, 2.05) is 13.8 Å². The van der Waals surface area contributed by atoms with Crippen LogP contribution in [0.25, 0.3) is 0 Å². The minimum absolute atomic E-state index is 0.0878. The lowest BCUT2D eigenvalue weighted by atomic mass is 10.1. The van der Waals surface area contributed by atoms with Crippen LogP contribution in [0.15, 0.2) is 111 Å². The van der Waals surface area contributed by atoms with E-state index >= 15 is 0 Å². The number of amides is 4. The predicted molar refractivity (Wildman–Crippen MR) is 269 cm³/mol. The van der Waals surface area contributed by atoms with Crippen LogP contribution in [-0.4, -0.2) is 66.4 Å². The van der Waals surface area contributed by atoms with Crippen LogP contribution >= 0.6 is 58.0 Å². The monoisotopic (exact) mass is 1040 g/mol. The number of rotatable bonds is 22. The van der Waals surface area contributed by atoms with Crippen molar-refractivity contribution in [2.75, 3.05) is 40.4 Å². The van der Waals surface area contributed by atoms with Gasteiger partial charge >= 0.3 is 0 Å². The number of carbonyl (C=O) groups excluding carboxylic acids is 6. The zero-order valence-corrected chi connectivity index (χ0v) is 41.3. The number of azo groups is 2. The highest BCUT2D eigenvalue weighted by atomic mass is 35.5. The van der Waals surface area contributed by atoms with E-state index in [0.717, 1.165) is 25.0 Å². The van der Waals surface area contributed by atoms with Crippen LogP contribution in [0, 0.1) is 0 Å². The number of nitrogens with one attached hydrogen (secondary N) is 4. The van der Waals surface area contributed by atoms with Gasteiger partial charge in [-0.25, -0.2) is 0 Å². The van der Waals surface area contributed by atoms with Crippen molar-refractivity contribution in [1.29, 1.82) is 0 Å². The van der Waals surface area contributed by atoms with E-state index < -0.39 is 47.3 Å². The molecule has 0 saturated heterocycles. The van der Waals surface area contributed by atoms with Crippen LogP contribution in [0.3, 0.4) is 0 Å². The van der Waals surface area contributed by atoms with Gasteiger partial charge in [-0.1, -0.05) is 23.2 Å². The zero-order valence-electron chi connectivity index (χ0n) is 37.5. The number of nitrogens with zero attached hydrogens (tertiary/aromatic N) is 4. The SMILES string of the molecule is CCOc1cc(CCl)cc(NC(=O)c2cc(Cl)cc(N=NC(C(C)=O)C(=O)Nc3ccc(NC(=O)C(N=Nc4cc(Cl)cc(C(=O)Nc5cc(CCl)cc(OCC)c5)c4)C(C)=O)c(CCCl)c3)c2)c1. The quantitative estimate of drug-likeness (QED) is 0.0296. The standard InChI is InChI=1S/C48H45Cl5N8O8/c1-5-68-40-13-28(24-50)11-36(22-40)55-45(64)31-15-33(52)20-38(18-31)58-60-43(26(3)62)47(66)54-35-7-8-42(30(17-35)9-10-49)57-48(67)44(27(4)63)61-59-39-19-32(16-34(53)21-39)46(65)56-37-12-29(25-51)14-41(23-37)69-6-2/h7-8,11-23,43-44H,5-6,9-10,24-25H2,1-4H3,(H,54,66)(H,55,64)(H,56,65)(H,57,67). The molecular formula is C48H45Cl5N8O8. The fraction of sp³-hybridized carbons (Fsp3) is 0.250. The molecule has 0 bridgehead atoms. The average Bonchev–Trinajstić information content (AvgIpc) is 3.29. The summed E-state index contributed by atoms with van der Waals surface area (Å²) in [5.41, 5.74) is 3.65. The number of hydrogen-bond acceptors (Lipinski definition) is 12. The molecule has 5 aromatic carbocycles. The Hall–Kier alpha value is -6.43. The molecule has 2 unspecified atom stereocenters. The van der Waals surface area contributed by atoms with Crippen LogP contribution in [0.2, 0.25) is 10.0 Å². The fourth-order valence-electron chi connectivity index (χ4n) is 6.45. The lowest BCUT2D eigenvalue weighted by Crippen LogP contribution is -2.32. The molecule has 0 saturated carbocycles. The van der Waals surface area contributed by atoms with Crippen LogP contribution < -0.4 is 30.7 Å². The summed E-state index contributed by atoms with van der Waals surface area (Å²) in [4.78, 5) is 78.9. The van der Waals surface area contributed by atoms with Crippen LogP contribution in [-0.2, 0) is 37.4 Å². The van der Waals surface area contributed by atoms with Gasteiger partial charge < -0.3 is 30.7 Å². The number of benzene rings is 5. The molecule has 21 heteroatoms. The molecule has 360 valence electrons. The van der Waals surface area contributed by atoms with Gasteiger partial charge in [0.05, 0.1) is 24.6 Å². The van der Waals surface area contributed by atoms with E-state index in [0.29, 0.717) is 41.7 Å². The van der Waals surface area contributed by atoms with Crippen molar-refractivity contribution < 1.29 is 38.2 Å². The van der Waals surface area contributed by atoms with Crippen LogP contribution in [0.1, 0.15) is 65.1 Å². The predicted octanol–water partition coefficient (Wildman–Crippen LogP) is 11.9. The van der Waals surface area contributed by atoms with E-state index in [4.69, 9.17) is 67.5 Å². The Kier molecular flexibility index (Phi) is 20.0. The van der Waals surface area contributed by atoms with Gasteiger partial charge in [0.15, 0.2) is 11.6 Å². The largest absolute Gasteiger partial charge is 0.494 e. The summed E-state index contributed by atoms with van der Waals surface area (Å²) in [5, 5.41) is 27.3. The summed E-state index contributed by atoms with van der Waals surface area (Å²) in [6, 6.07) is 19.8. The smallest absolute Gasteiger partial charge is 0.258 e. The van der Waals surface area contributed by atoms with E-state index in [1.54, 1.807) is 36.4 Å². The fourth-order valence-corrected chi connectivity index (χ4v) is 7.42. The third kappa shape index (κ3) is 15.8. The lowest BCUT2D eigenvalue weighted by molar-refractivity contribution is -0.127. The van der Waals surface area contributed by atoms with Crippen molar-refractivity contribution in [3.8, 4) is 11.5 Å². The summed E-state index contributed by atoms with van der Waals surface area (Å²) < 4.78 is 11.1. The molecule has 5 rings (SSSR count). The summed E-state index contributed by atoms with van der Waals surface area (Å²) in [6.07, 6.45) is 0.204. The summed E-state index contributed by atoms with van der Waals surface area (Å²) in [6.45, 7) is 6.81. The molecule has 16 nitrogen and oxygen atoms in total. The van der Waals surface area contributed by atoms with E-state index in [9.17, 15) is 28.8 Å². The average molecular weight is 1040 g/mol. The van der Waals surface area contributed by atoms with E-state index in [2.05, 4.69) is 41.7 Å². The number of alkyl halides is 3. The van der Waals surface area contributed by atoms with Gasteiger partial charge in [0.25, 0.3) is 23.6 Å². The lowest BCUT2D eigenvalue weighted by Gasteiger charge is -2.15. The molecule has 69 heavy (non-hydrogen) atoms. The maximum absolute atomic E-state index is 13.5. The molecular weight excluding hydrogens is 994 g/mol. The first-order chi connectivity index (χ1) is 33.0. The number of ether oxygens (including phenoxy) is 2. The van der Waals surface area contributed by atoms with Gasteiger partial charge in [-0.3, -0.25) is 28.8 Å². The van der Waals surface area contributed by atoms with E-state index in [-0.39, 0.29) is 68.0 Å². The maximum atomic E-state index is 13.5. The number of aryl methyl sites for hydroxylation is 1. The Bertz CT molecular complexity index is 2810. The Morgan fingerprint density at radius 3 is 1.43 bits per heavy atom. The highest BCUT2D eigenvalue weighted by Crippen LogP contribution is 2.29. The molecule has 2 atom stereocenters. The molecule has 0 aliphatic carbocycles. The molecule has 0 heterocycles. The second-order valence-corrected chi connectivity index (χ2v) is 16.7. The second-order valence-electron chi connectivity index (χ2n) is 14.9. The molecule has 5 aromatic rings. The molecule has 0 radical (unpaired) electrons. The third-order valence-corrected chi connectivity index (χ3v) is 10.7. The van der Waals surface area contributed by atoms with Crippen LogP contribution in [0.4, 0.5) is 34.1 Å². The van der Waals surface area contributed by atoms with Crippen LogP contribution in [0.5, 0.6) is 11.5 Å². The van der Waals surface area contributed by atoms with Crippen molar-refractivity contribution >= 4 is 127 Å². The maximum Gasteiger partial charge on any atom is 0.258 e. The number of hydrogen-bond donors (Lipinski definition) is 4. The second kappa shape index (κ2) is 25.8. The van der Waals surface area contributed by atoms with Crippen molar-refractivity contribution in [3.63, 3.8) is 0 Å². The Balaban J connectivity index is 1.27. The van der Waals surface area contributed by atoms with Crippen molar-refractivity contribution in [3.05, 3.63) is 129 Å². The number of halogens is 5. The first kappa shape index (κ1) is 53.5. The number of ketones is 2. The molecule has 0 aliphatic heterocycles. The van der Waals surface area contributed by atoms with Crippen molar-refractivity contribution in [2.24, 2.45) is 20.5 Å². The van der Waals surface area contributed by atoms with Gasteiger partial charge in [-0.2, -0.15) is 20.5 Å². The van der Waals surface area contributed by atoms with Gasteiger partial charge in [0, 0.05) is 73.7 Å². The van der Waals surface area contributed by atoms with Gasteiger partial charge in [-0.05, 0) is 130 Å². The first-order valence-corrected chi connectivity index (χ1v) is 23.4. The molecule has 0 aliphatic rings. The summed E-state index contributed by atoms with van der Waals surface area (Å²) in [5.74, 6) is -2.49. The molecule has 4 N–H and O–H groups in total. The molecule has 0 spiro atoms. The van der Waals surface area contributed by atoms with E-state index in [1.165, 1.54) is 54.6 Å². The normalized spacial score (nSPS) is 12.0. The van der Waals surface area contributed by atoms with Gasteiger partial charge in [0.1, 0.15) is 11.5 Å². The number of Topliss-reactive ketones (excluding diaryl/α,β-unsaturated/α-hetero) is 2. The Morgan fingerprint density at radius 1 is 0.551 bits per heavy atom. The van der Waals surface area contributed by atoms with Gasteiger partial charge in [-0.15, -0.1) is 34.8 Å². The number of carbonyl (C=O) groups is 6. The third-order valence-electron chi connectivity index (χ3n) is 9.51. The Labute approximate surface area is 422 Å². The minimum Gasteiger partial charge on any atom is -0.494 e. The molecule has 4 amide bonds. The van der Waals surface area contributed by atoms with Gasteiger partial charge in [0.2, 0.25) is 12.1 Å². The molecule has 0 aromatic heterocycles. The highest BCUT2D eigenvalue weighted by molar-refractivity contribution is 6.32. The number of anilines is 4. The molecule has 0 fully saturated rings. The first-order valence-electron chi connectivity index (χ1n) is 21.0. The van der Waals surface area contributed by atoms with Crippen molar-refractivity contribution in [1.82, 2.24) is 0 Å². The minimum atomic E-state index is -1.62. The zero-order chi connectivity index (χ0) is 50.2. The highest BCUT2D eigenvalue weighted by Gasteiger charge is 2.26. The summed E-state index contributed by atoms with van der Waals surface area (Å²) in [7, 11) is 0. The topological polar surface area (TPSA) is 218 Å². The Morgan fingerprint density at radius 2 is 1.01 bits per heavy atom. The summed E-state index contributed by atoms with van der Waals surface area (Å²) >= 11 is 30.8. The van der Waals surface area contributed by atoms with Crippen molar-refractivity contribution in [2.45, 2.75) is 58.0 Å².